The van der Waals surface area contributed by atoms with Crippen molar-refractivity contribution in [3.05, 3.63) is 0 Å². The highest BCUT2D eigenvalue weighted by Crippen LogP contribution is 2.10. The van der Waals surface area contributed by atoms with Crippen LogP contribution in [0.2, 0.25) is 0 Å². The molecule has 1 saturated heterocycles. The summed E-state index contributed by atoms with van der Waals surface area (Å²) in [7, 11) is 0. The fraction of sp³-hybridized carbons (Fsp3) is 1.00. The molecular formula is C12H25NO4. The Labute approximate surface area is 103 Å². The van der Waals surface area contributed by atoms with E-state index in [-0.39, 0.29) is 6.54 Å². The summed E-state index contributed by atoms with van der Waals surface area (Å²) in [5.74, 6) is 0.621. The number of aliphatic hydroxyl groups excluding tert-OH is 1. The maximum atomic E-state index is 9.13. The summed E-state index contributed by atoms with van der Waals surface area (Å²) in [6.45, 7) is 4.66. The number of hydrogen-bond acceptors (Lipinski definition) is 5. The van der Waals surface area contributed by atoms with Crippen LogP contribution in [-0.2, 0) is 14.2 Å². The molecule has 0 amide bonds. The van der Waals surface area contributed by atoms with Crippen molar-refractivity contribution in [1.29, 1.82) is 0 Å². The summed E-state index contributed by atoms with van der Waals surface area (Å²) in [5, 5.41) is 9.13. The molecule has 1 atom stereocenters. The van der Waals surface area contributed by atoms with Crippen LogP contribution >= 0.6 is 0 Å². The highest BCUT2D eigenvalue weighted by atomic mass is 16.5. The van der Waals surface area contributed by atoms with Crippen LogP contribution in [0.25, 0.3) is 0 Å². The van der Waals surface area contributed by atoms with E-state index < -0.39 is 6.10 Å². The van der Waals surface area contributed by atoms with Gasteiger partial charge in [-0.25, -0.2) is 0 Å². The van der Waals surface area contributed by atoms with Gasteiger partial charge in [0.25, 0.3) is 0 Å². The average molecular weight is 247 g/mol. The second-order valence-electron chi connectivity index (χ2n) is 4.50. The molecule has 0 bridgehead atoms. The molecule has 1 rings (SSSR count). The smallest absolute Gasteiger partial charge is 0.0895 e. The van der Waals surface area contributed by atoms with Crippen molar-refractivity contribution in [2.24, 2.45) is 11.7 Å². The van der Waals surface area contributed by atoms with Crippen LogP contribution in [0.3, 0.4) is 0 Å². The number of unbranched alkanes of at least 4 members (excludes halogenated alkanes) is 2. The highest BCUT2D eigenvalue weighted by molar-refractivity contribution is 4.63. The van der Waals surface area contributed by atoms with Gasteiger partial charge in [0.1, 0.15) is 0 Å². The zero-order chi connectivity index (χ0) is 12.3. The van der Waals surface area contributed by atoms with E-state index in [4.69, 9.17) is 25.1 Å². The summed E-state index contributed by atoms with van der Waals surface area (Å²) in [5.41, 5.74) is 5.25. The van der Waals surface area contributed by atoms with Gasteiger partial charge in [0.2, 0.25) is 0 Å². The molecule has 1 aliphatic rings. The van der Waals surface area contributed by atoms with Gasteiger partial charge >= 0.3 is 0 Å². The van der Waals surface area contributed by atoms with E-state index in [2.05, 4.69) is 0 Å². The lowest BCUT2D eigenvalue weighted by atomic mass is 10.1. The van der Waals surface area contributed by atoms with Gasteiger partial charge < -0.3 is 25.1 Å². The van der Waals surface area contributed by atoms with Crippen molar-refractivity contribution in [2.75, 3.05) is 46.2 Å². The molecule has 17 heavy (non-hydrogen) atoms. The molecule has 102 valence electrons. The van der Waals surface area contributed by atoms with Gasteiger partial charge in [-0.2, -0.15) is 0 Å². The van der Waals surface area contributed by atoms with Gasteiger partial charge in [0.05, 0.1) is 32.5 Å². The van der Waals surface area contributed by atoms with Crippen LogP contribution in [-0.4, -0.2) is 57.4 Å². The third kappa shape index (κ3) is 7.68. The van der Waals surface area contributed by atoms with Crippen LogP contribution in [0.1, 0.15) is 19.3 Å². The molecule has 0 saturated carbocycles. The molecule has 5 heteroatoms. The largest absolute Gasteiger partial charge is 0.389 e. The van der Waals surface area contributed by atoms with Crippen molar-refractivity contribution in [3.8, 4) is 0 Å². The quantitative estimate of drug-likeness (QED) is 0.509. The maximum absolute atomic E-state index is 9.13. The Morgan fingerprint density at radius 2 is 1.88 bits per heavy atom. The zero-order valence-corrected chi connectivity index (χ0v) is 10.5. The molecule has 1 aliphatic heterocycles. The summed E-state index contributed by atoms with van der Waals surface area (Å²) in [4.78, 5) is 0. The maximum Gasteiger partial charge on any atom is 0.0895 e. The Morgan fingerprint density at radius 1 is 1.18 bits per heavy atom. The first-order chi connectivity index (χ1) is 8.33. The predicted molar refractivity (Wildman–Crippen MR) is 64.9 cm³/mol. The Balaban J connectivity index is 1.69. The lowest BCUT2D eigenvalue weighted by Gasteiger charge is -2.25. The first kappa shape index (κ1) is 14.9. The minimum Gasteiger partial charge on any atom is -0.389 e. The predicted octanol–water partition coefficient (Wildman–Crippen LogP) is 0.156. The lowest BCUT2D eigenvalue weighted by Crippen LogP contribution is -2.31. The second kappa shape index (κ2) is 9.79. The third-order valence-corrected chi connectivity index (χ3v) is 2.72. The average Bonchev–Trinajstić information content (AvgIpc) is 2.28. The van der Waals surface area contributed by atoms with Crippen LogP contribution in [0.4, 0.5) is 0 Å². The van der Waals surface area contributed by atoms with E-state index >= 15 is 0 Å². The van der Waals surface area contributed by atoms with E-state index in [1.165, 1.54) is 0 Å². The van der Waals surface area contributed by atoms with Crippen molar-refractivity contribution in [3.63, 3.8) is 0 Å². The summed E-state index contributed by atoms with van der Waals surface area (Å²) in [6.07, 6.45) is 2.65. The number of aliphatic hydroxyl groups is 1. The number of rotatable bonds is 11. The third-order valence-electron chi connectivity index (χ3n) is 2.72. The molecule has 1 unspecified atom stereocenters. The molecule has 0 aromatic carbocycles. The van der Waals surface area contributed by atoms with E-state index in [9.17, 15) is 0 Å². The van der Waals surface area contributed by atoms with E-state index in [0.29, 0.717) is 19.1 Å². The highest BCUT2D eigenvalue weighted by Gasteiger charge is 2.17. The number of hydrogen-bond donors (Lipinski definition) is 2. The van der Waals surface area contributed by atoms with Crippen molar-refractivity contribution in [1.82, 2.24) is 0 Å². The SMILES string of the molecule is NCC(O)COCCCCCOCC1COC1. The van der Waals surface area contributed by atoms with Crippen LogP contribution in [0, 0.1) is 5.92 Å². The number of ether oxygens (including phenoxy) is 3. The van der Waals surface area contributed by atoms with Crippen LogP contribution < -0.4 is 5.73 Å². The molecule has 0 spiro atoms. The first-order valence-electron chi connectivity index (χ1n) is 6.44. The van der Waals surface area contributed by atoms with Gasteiger partial charge in [-0.1, -0.05) is 0 Å². The number of nitrogens with two attached hydrogens (primary N) is 1. The fourth-order valence-corrected chi connectivity index (χ4v) is 1.50. The Kier molecular flexibility index (Phi) is 8.56. The monoisotopic (exact) mass is 247 g/mol. The molecule has 0 aromatic heterocycles. The minimum atomic E-state index is -0.525. The Morgan fingerprint density at radius 3 is 2.47 bits per heavy atom. The lowest BCUT2D eigenvalue weighted by molar-refractivity contribution is -0.0719. The first-order valence-corrected chi connectivity index (χ1v) is 6.44. The summed E-state index contributed by atoms with van der Waals surface area (Å²) >= 11 is 0. The Hall–Kier alpha value is -0.200. The van der Waals surface area contributed by atoms with E-state index in [0.717, 1.165) is 45.7 Å². The van der Waals surface area contributed by atoms with Gasteiger partial charge in [-0.15, -0.1) is 0 Å². The molecule has 1 heterocycles. The molecule has 0 radical (unpaired) electrons. The fourth-order valence-electron chi connectivity index (χ4n) is 1.50. The molecule has 5 nitrogen and oxygen atoms in total. The topological polar surface area (TPSA) is 73.9 Å². The van der Waals surface area contributed by atoms with Crippen molar-refractivity contribution < 1.29 is 19.3 Å². The molecule has 3 N–H and O–H groups in total. The van der Waals surface area contributed by atoms with Crippen LogP contribution in [0.15, 0.2) is 0 Å². The normalized spacial score (nSPS) is 18.0. The molecular weight excluding hydrogens is 222 g/mol. The molecule has 1 fully saturated rings. The Bertz CT molecular complexity index is 165. The van der Waals surface area contributed by atoms with Gasteiger partial charge in [0.15, 0.2) is 0 Å². The van der Waals surface area contributed by atoms with Crippen molar-refractivity contribution >= 4 is 0 Å². The standard InChI is InChI=1S/C12H25NO4/c13-6-12(14)10-16-5-3-1-2-4-15-7-11-8-17-9-11/h11-12,14H,1-10,13H2. The van der Waals surface area contributed by atoms with Crippen molar-refractivity contribution in [2.45, 2.75) is 25.4 Å². The molecule has 0 aromatic rings. The van der Waals surface area contributed by atoms with E-state index in [1.807, 2.05) is 0 Å². The minimum absolute atomic E-state index is 0.263. The van der Waals surface area contributed by atoms with E-state index in [1.54, 1.807) is 0 Å². The molecule has 0 aliphatic carbocycles. The van der Waals surface area contributed by atoms with Gasteiger partial charge in [-0.05, 0) is 19.3 Å². The summed E-state index contributed by atoms with van der Waals surface area (Å²) in [6, 6.07) is 0. The van der Waals surface area contributed by atoms with Gasteiger partial charge in [-0.3, -0.25) is 0 Å². The van der Waals surface area contributed by atoms with Gasteiger partial charge in [0, 0.05) is 25.7 Å². The zero-order valence-electron chi connectivity index (χ0n) is 10.5. The summed E-state index contributed by atoms with van der Waals surface area (Å²) < 4.78 is 15.9. The van der Waals surface area contributed by atoms with Crippen LogP contribution in [0.5, 0.6) is 0 Å². The second-order valence-corrected chi connectivity index (χ2v) is 4.50.